The lowest BCUT2D eigenvalue weighted by atomic mass is 10.1. The number of aliphatic carboxylic acids is 1. The van der Waals surface area contributed by atoms with Crippen molar-refractivity contribution in [2.75, 3.05) is 24.7 Å². The molecule has 0 bridgehead atoms. The summed E-state index contributed by atoms with van der Waals surface area (Å²) in [5.74, 6) is -1.08. The molecular formula is C23H28N2O4S2. The van der Waals surface area contributed by atoms with E-state index in [4.69, 9.17) is 5.11 Å². The van der Waals surface area contributed by atoms with E-state index in [1.807, 2.05) is 42.7 Å². The van der Waals surface area contributed by atoms with Gasteiger partial charge in [-0.1, -0.05) is 38.0 Å². The lowest BCUT2D eigenvalue weighted by molar-refractivity contribution is -0.131. The zero-order valence-electron chi connectivity index (χ0n) is 18.0. The Morgan fingerprint density at radius 1 is 1.26 bits per heavy atom. The minimum atomic E-state index is -3.76. The second-order valence-corrected chi connectivity index (χ2v) is 10.3. The van der Waals surface area contributed by atoms with Gasteiger partial charge in [0.2, 0.25) is 10.0 Å². The topological polar surface area (TPSA) is 77.9 Å². The Balaban J connectivity index is 2.26. The molecule has 0 saturated heterocycles. The van der Waals surface area contributed by atoms with Crippen molar-refractivity contribution in [1.29, 1.82) is 0 Å². The van der Waals surface area contributed by atoms with Gasteiger partial charge in [-0.2, -0.15) is 4.31 Å². The van der Waals surface area contributed by atoms with Crippen LogP contribution in [0.15, 0.2) is 58.3 Å². The van der Waals surface area contributed by atoms with Gasteiger partial charge in [-0.05, 0) is 48.6 Å². The Hall–Kier alpha value is -2.29. The summed E-state index contributed by atoms with van der Waals surface area (Å²) in [6, 6.07) is 13.1. The van der Waals surface area contributed by atoms with Gasteiger partial charge in [0, 0.05) is 36.3 Å². The van der Waals surface area contributed by atoms with Crippen LogP contribution in [0.5, 0.6) is 0 Å². The van der Waals surface area contributed by atoms with Gasteiger partial charge < -0.3 is 10.0 Å². The number of benzene rings is 2. The van der Waals surface area contributed by atoms with E-state index < -0.39 is 16.0 Å². The van der Waals surface area contributed by atoms with Crippen LogP contribution in [0.1, 0.15) is 31.7 Å². The van der Waals surface area contributed by atoms with E-state index in [9.17, 15) is 13.2 Å². The second kappa shape index (κ2) is 9.89. The maximum absolute atomic E-state index is 13.6. The van der Waals surface area contributed by atoms with E-state index in [-0.39, 0.29) is 10.9 Å². The summed E-state index contributed by atoms with van der Waals surface area (Å²) in [6.07, 6.45) is 7.08. The van der Waals surface area contributed by atoms with Crippen LogP contribution in [0.3, 0.4) is 0 Å². The van der Waals surface area contributed by atoms with Crippen molar-refractivity contribution in [3.8, 4) is 0 Å². The summed E-state index contributed by atoms with van der Waals surface area (Å²) in [4.78, 5) is 14.1. The van der Waals surface area contributed by atoms with E-state index in [0.29, 0.717) is 17.8 Å². The Morgan fingerprint density at radius 2 is 1.97 bits per heavy atom. The molecule has 8 heteroatoms. The third-order valence-electron chi connectivity index (χ3n) is 5.53. The number of unbranched alkanes of at least 4 members (excludes halogenated alkanes) is 1. The van der Waals surface area contributed by atoms with Gasteiger partial charge in [0.25, 0.3) is 0 Å². The van der Waals surface area contributed by atoms with E-state index in [0.717, 1.165) is 35.9 Å². The first-order valence-electron chi connectivity index (χ1n) is 10.2. The number of carboxylic acids is 1. The van der Waals surface area contributed by atoms with E-state index in [1.54, 1.807) is 13.1 Å². The van der Waals surface area contributed by atoms with Crippen LogP contribution < -0.4 is 4.90 Å². The molecule has 0 aromatic heterocycles. The molecule has 1 N–H and O–H groups in total. The van der Waals surface area contributed by atoms with Gasteiger partial charge in [0.1, 0.15) is 4.90 Å². The van der Waals surface area contributed by atoms with Crippen LogP contribution in [0.2, 0.25) is 0 Å². The van der Waals surface area contributed by atoms with Gasteiger partial charge in [-0.15, -0.1) is 11.8 Å². The molecular weight excluding hydrogens is 432 g/mol. The standard InChI is InChI=1S/C23H28N2O4S2/c1-4-5-9-19-16-25(18-10-7-6-8-11-18)20-15-21(30-3)17(12-13-23(26)27)14-22(20)31(28,29)24(19)2/h6-8,10-15,19H,4-5,9,16H2,1-3H3,(H,26,27)/b13-12+. The van der Waals surface area contributed by atoms with Gasteiger partial charge in [-0.25, -0.2) is 13.2 Å². The molecule has 0 fully saturated rings. The number of sulfonamides is 1. The van der Waals surface area contributed by atoms with Crippen LogP contribution >= 0.6 is 11.8 Å². The minimum Gasteiger partial charge on any atom is -0.478 e. The number of likely N-dealkylation sites (N-methyl/N-ethyl adjacent to an activating group) is 1. The van der Waals surface area contributed by atoms with Crippen molar-refractivity contribution >= 4 is 45.2 Å². The van der Waals surface area contributed by atoms with Crippen LogP contribution in [-0.4, -0.2) is 49.7 Å². The number of carbonyl (C=O) groups is 1. The molecule has 1 unspecified atom stereocenters. The SMILES string of the molecule is CCCCC1CN(c2ccccc2)c2cc(SC)c(/C=C/C(=O)O)cc2S(=O)(=O)N1C. The van der Waals surface area contributed by atoms with E-state index in [2.05, 4.69) is 11.8 Å². The normalized spacial score (nSPS) is 18.7. The lowest BCUT2D eigenvalue weighted by Crippen LogP contribution is -2.40. The van der Waals surface area contributed by atoms with Crippen LogP contribution in [0.25, 0.3) is 6.08 Å². The van der Waals surface area contributed by atoms with Gasteiger partial charge in [0.05, 0.1) is 5.69 Å². The molecule has 2 aromatic carbocycles. The highest BCUT2D eigenvalue weighted by molar-refractivity contribution is 7.98. The third-order valence-corrected chi connectivity index (χ3v) is 8.26. The third kappa shape index (κ3) is 4.97. The lowest BCUT2D eigenvalue weighted by Gasteiger charge is -2.29. The number of para-hydroxylation sites is 1. The summed E-state index contributed by atoms with van der Waals surface area (Å²) in [6.45, 7) is 2.64. The Morgan fingerprint density at radius 3 is 2.58 bits per heavy atom. The van der Waals surface area contributed by atoms with Crippen LogP contribution in [0, 0.1) is 0 Å². The number of carboxylic acid groups (broad SMARTS) is 1. The first kappa shape index (κ1) is 23.4. The van der Waals surface area contributed by atoms with Gasteiger partial charge >= 0.3 is 5.97 Å². The Bertz CT molecular complexity index is 1070. The highest BCUT2D eigenvalue weighted by Crippen LogP contribution is 2.41. The van der Waals surface area contributed by atoms with Crippen LogP contribution in [0.4, 0.5) is 11.4 Å². The van der Waals surface area contributed by atoms with E-state index in [1.165, 1.54) is 22.1 Å². The Labute approximate surface area is 188 Å². The molecule has 0 saturated carbocycles. The highest BCUT2D eigenvalue weighted by atomic mass is 32.2. The molecule has 1 atom stereocenters. The molecule has 1 heterocycles. The van der Waals surface area contributed by atoms with Crippen molar-refractivity contribution in [3.05, 3.63) is 54.1 Å². The van der Waals surface area contributed by atoms with Crippen molar-refractivity contribution in [3.63, 3.8) is 0 Å². The largest absolute Gasteiger partial charge is 0.478 e. The molecule has 1 aliphatic heterocycles. The summed E-state index contributed by atoms with van der Waals surface area (Å²) >= 11 is 1.46. The number of thioether (sulfide) groups is 1. The van der Waals surface area contributed by atoms with E-state index >= 15 is 0 Å². The second-order valence-electron chi connectivity index (χ2n) is 7.50. The number of nitrogens with zero attached hydrogens (tertiary/aromatic N) is 2. The molecule has 166 valence electrons. The minimum absolute atomic E-state index is 0.173. The predicted molar refractivity (Wildman–Crippen MR) is 127 cm³/mol. The molecule has 3 rings (SSSR count). The summed E-state index contributed by atoms with van der Waals surface area (Å²) < 4.78 is 28.7. The molecule has 6 nitrogen and oxygen atoms in total. The molecule has 31 heavy (non-hydrogen) atoms. The monoisotopic (exact) mass is 460 g/mol. The molecule has 0 aliphatic carbocycles. The average molecular weight is 461 g/mol. The molecule has 2 aromatic rings. The molecule has 0 radical (unpaired) electrons. The maximum Gasteiger partial charge on any atom is 0.328 e. The van der Waals surface area contributed by atoms with Crippen molar-refractivity contribution < 1.29 is 18.3 Å². The fourth-order valence-corrected chi connectivity index (χ4v) is 5.97. The smallest absolute Gasteiger partial charge is 0.328 e. The first-order valence-corrected chi connectivity index (χ1v) is 12.9. The number of anilines is 2. The number of rotatable bonds is 7. The zero-order valence-corrected chi connectivity index (χ0v) is 19.6. The predicted octanol–water partition coefficient (Wildman–Crippen LogP) is 4.84. The number of hydrogen-bond acceptors (Lipinski definition) is 5. The molecule has 1 aliphatic rings. The number of hydrogen-bond donors (Lipinski definition) is 1. The average Bonchev–Trinajstić information content (AvgIpc) is 2.84. The van der Waals surface area contributed by atoms with Crippen molar-refractivity contribution in [2.45, 2.75) is 42.0 Å². The summed E-state index contributed by atoms with van der Waals surface area (Å²) in [5, 5.41) is 9.05. The fraction of sp³-hybridized carbons (Fsp3) is 0.348. The number of fused-ring (bicyclic) bond motifs is 1. The highest BCUT2D eigenvalue weighted by Gasteiger charge is 2.37. The van der Waals surface area contributed by atoms with Crippen molar-refractivity contribution in [2.24, 2.45) is 0 Å². The quantitative estimate of drug-likeness (QED) is 0.471. The zero-order chi connectivity index (χ0) is 22.6. The summed E-state index contributed by atoms with van der Waals surface area (Å²) in [7, 11) is -2.12. The molecule has 0 amide bonds. The van der Waals surface area contributed by atoms with Crippen molar-refractivity contribution in [1.82, 2.24) is 4.31 Å². The van der Waals surface area contributed by atoms with Gasteiger partial charge in [0.15, 0.2) is 0 Å². The Kier molecular flexibility index (Phi) is 7.46. The van der Waals surface area contributed by atoms with Crippen LogP contribution in [-0.2, 0) is 14.8 Å². The first-order chi connectivity index (χ1) is 14.8. The summed E-state index contributed by atoms with van der Waals surface area (Å²) in [5.41, 5.74) is 2.12. The van der Waals surface area contributed by atoms with Gasteiger partial charge in [-0.3, -0.25) is 0 Å². The fourth-order valence-electron chi connectivity index (χ4n) is 3.79. The molecule has 0 spiro atoms. The maximum atomic E-state index is 13.6.